The maximum atomic E-state index is 9.44. The lowest BCUT2D eigenvalue weighted by molar-refractivity contribution is 0.0882. The largest absolute Gasteiger partial charge is 0.395 e. The Labute approximate surface area is 124 Å². The number of hydrogen-bond acceptors (Lipinski definition) is 4. The molecule has 1 unspecified atom stereocenters. The molecule has 21 heavy (non-hydrogen) atoms. The van der Waals surface area contributed by atoms with Crippen molar-refractivity contribution in [3.8, 4) is 11.6 Å². The molecule has 2 aromatic heterocycles. The molecule has 3 rings (SSSR count). The molecule has 0 aliphatic carbocycles. The van der Waals surface area contributed by atoms with Crippen LogP contribution >= 0.6 is 0 Å². The van der Waals surface area contributed by atoms with Gasteiger partial charge in [-0.1, -0.05) is 6.42 Å². The van der Waals surface area contributed by atoms with Crippen molar-refractivity contribution < 1.29 is 5.11 Å². The van der Waals surface area contributed by atoms with E-state index in [1.54, 1.807) is 6.20 Å². The molecule has 0 radical (unpaired) electrons. The summed E-state index contributed by atoms with van der Waals surface area (Å²) in [6.07, 6.45) is 12.0. The summed E-state index contributed by atoms with van der Waals surface area (Å²) in [5, 5.41) is 9.44. The van der Waals surface area contributed by atoms with E-state index in [0.29, 0.717) is 6.04 Å². The van der Waals surface area contributed by atoms with E-state index in [0.717, 1.165) is 44.1 Å². The summed E-state index contributed by atoms with van der Waals surface area (Å²) >= 11 is 0. The molecule has 0 aromatic carbocycles. The molecule has 2 N–H and O–H groups in total. The number of likely N-dealkylation sites (tertiary alicyclic amines) is 1. The van der Waals surface area contributed by atoms with Crippen LogP contribution in [0.15, 0.2) is 24.8 Å². The maximum absolute atomic E-state index is 9.44. The second-order valence-corrected chi connectivity index (χ2v) is 5.60. The van der Waals surface area contributed by atoms with E-state index in [2.05, 4.69) is 24.4 Å². The number of piperidine rings is 1. The quantitative estimate of drug-likeness (QED) is 0.845. The first kappa shape index (κ1) is 14.3. The number of aromatic amines is 1. The van der Waals surface area contributed by atoms with Gasteiger partial charge in [-0.05, 0) is 25.8 Å². The van der Waals surface area contributed by atoms with Crippen LogP contribution in [0.3, 0.4) is 0 Å². The Morgan fingerprint density at radius 3 is 3.00 bits per heavy atom. The number of H-pyrrole nitrogens is 1. The second kappa shape index (κ2) is 6.87. The number of aliphatic hydroxyl groups is 1. The summed E-state index contributed by atoms with van der Waals surface area (Å²) in [5.41, 5.74) is 0. The van der Waals surface area contributed by atoms with Gasteiger partial charge in [0.25, 0.3) is 0 Å². The van der Waals surface area contributed by atoms with Gasteiger partial charge < -0.3 is 14.7 Å². The van der Waals surface area contributed by atoms with E-state index < -0.39 is 0 Å². The number of rotatable bonds is 6. The standard InChI is InChI=1S/C15H23N5O/c21-12-13-4-1-2-8-19(13)9-3-10-20-11-7-18-15(20)14-16-5-6-17-14/h5-7,11,13,21H,1-4,8-10,12H2,(H,16,17). The highest BCUT2D eigenvalue weighted by atomic mass is 16.3. The van der Waals surface area contributed by atoms with E-state index in [4.69, 9.17) is 0 Å². The first-order chi connectivity index (χ1) is 10.4. The lowest BCUT2D eigenvalue weighted by atomic mass is 10.0. The summed E-state index contributed by atoms with van der Waals surface area (Å²) in [4.78, 5) is 14.2. The maximum Gasteiger partial charge on any atom is 0.176 e. The normalized spacial score (nSPS) is 20.0. The Morgan fingerprint density at radius 1 is 1.24 bits per heavy atom. The van der Waals surface area contributed by atoms with Gasteiger partial charge in [0.05, 0.1) is 6.61 Å². The summed E-state index contributed by atoms with van der Waals surface area (Å²) in [6.45, 7) is 3.34. The van der Waals surface area contributed by atoms with Gasteiger partial charge in [-0.25, -0.2) is 9.97 Å². The SMILES string of the molecule is OCC1CCCCN1CCCn1ccnc1-c1ncc[nH]1. The summed E-state index contributed by atoms with van der Waals surface area (Å²) in [7, 11) is 0. The minimum atomic E-state index is 0.280. The Bertz CT molecular complexity index is 536. The second-order valence-electron chi connectivity index (χ2n) is 5.60. The molecule has 0 bridgehead atoms. The molecule has 114 valence electrons. The first-order valence-electron chi connectivity index (χ1n) is 7.74. The molecule has 6 heteroatoms. The average molecular weight is 289 g/mol. The minimum absolute atomic E-state index is 0.280. The van der Waals surface area contributed by atoms with Gasteiger partial charge in [-0.2, -0.15) is 0 Å². The lowest BCUT2D eigenvalue weighted by Crippen LogP contribution is -2.42. The highest BCUT2D eigenvalue weighted by Gasteiger charge is 2.20. The number of aryl methyl sites for hydroxylation is 1. The molecule has 0 saturated carbocycles. The first-order valence-corrected chi connectivity index (χ1v) is 7.74. The zero-order chi connectivity index (χ0) is 14.5. The summed E-state index contributed by atoms with van der Waals surface area (Å²) in [6, 6.07) is 0.353. The number of imidazole rings is 2. The molecule has 6 nitrogen and oxygen atoms in total. The van der Waals surface area contributed by atoms with Gasteiger partial charge in [0.1, 0.15) is 0 Å². The van der Waals surface area contributed by atoms with Crippen molar-refractivity contribution in [3.05, 3.63) is 24.8 Å². The average Bonchev–Trinajstić information content (AvgIpc) is 3.18. The molecule has 0 spiro atoms. The molecule has 2 aromatic rings. The molecule has 1 fully saturated rings. The Kier molecular flexibility index (Phi) is 4.67. The van der Waals surface area contributed by atoms with E-state index in [1.807, 2.05) is 18.6 Å². The number of nitrogens with one attached hydrogen (secondary N) is 1. The van der Waals surface area contributed by atoms with Crippen LogP contribution in [0.4, 0.5) is 0 Å². The highest BCUT2D eigenvalue weighted by molar-refractivity contribution is 5.43. The zero-order valence-electron chi connectivity index (χ0n) is 12.3. The number of aromatic nitrogens is 4. The fraction of sp³-hybridized carbons (Fsp3) is 0.600. The van der Waals surface area contributed by atoms with E-state index in [1.165, 1.54) is 12.8 Å². The third-order valence-corrected chi connectivity index (χ3v) is 4.23. The van der Waals surface area contributed by atoms with Crippen molar-refractivity contribution in [1.82, 2.24) is 24.4 Å². The van der Waals surface area contributed by atoms with Crippen LogP contribution in [0.5, 0.6) is 0 Å². The van der Waals surface area contributed by atoms with Crippen molar-refractivity contribution >= 4 is 0 Å². The topological polar surface area (TPSA) is 70.0 Å². The molecule has 3 heterocycles. The molecule has 1 saturated heterocycles. The van der Waals surface area contributed by atoms with Gasteiger partial charge in [-0.15, -0.1) is 0 Å². The summed E-state index contributed by atoms with van der Waals surface area (Å²) in [5.74, 6) is 1.70. The van der Waals surface area contributed by atoms with Crippen LogP contribution in [0.2, 0.25) is 0 Å². The molecule has 1 atom stereocenters. The number of hydrogen-bond donors (Lipinski definition) is 2. The van der Waals surface area contributed by atoms with Gasteiger partial charge in [0.2, 0.25) is 0 Å². The van der Waals surface area contributed by atoms with E-state index >= 15 is 0 Å². The molecular weight excluding hydrogens is 266 g/mol. The highest BCUT2D eigenvalue weighted by Crippen LogP contribution is 2.17. The van der Waals surface area contributed by atoms with Crippen LogP contribution in [-0.4, -0.2) is 55.3 Å². The van der Waals surface area contributed by atoms with E-state index in [-0.39, 0.29) is 6.61 Å². The van der Waals surface area contributed by atoms with Gasteiger partial charge in [0.15, 0.2) is 11.6 Å². The minimum Gasteiger partial charge on any atom is -0.395 e. The predicted octanol–water partition coefficient (Wildman–Crippen LogP) is 1.51. The molecule has 1 aliphatic heterocycles. The fourth-order valence-electron chi connectivity index (χ4n) is 3.10. The van der Waals surface area contributed by atoms with Crippen LogP contribution in [0.1, 0.15) is 25.7 Å². The van der Waals surface area contributed by atoms with Crippen LogP contribution < -0.4 is 0 Å². The Morgan fingerprint density at radius 2 is 2.19 bits per heavy atom. The van der Waals surface area contributed by atoms with Crippen LogP contribution in [-0.2, 0) is 6.54 Å². The molecular formula is C15H23N5O. The predicted molar refractivity (Wildman–Crippen MR) is 80.7 cm³/mol. The van der Waals surface area contributed by atoms with E-state index in [9.17, 15) is 5.11 Å². The van der Waals surface area contributed by atoms with Gasteiger partial charge >= 0.3 is 0 Å². The monoisotopic (exact) mass is 289 g/mol. The number of aliphatic hydroxyl groups excluding tert-OH is 1. The third-order valence-electron chi connectivity index (χ3n) is 4.23. The van der Waals surface area contributed by atoms with Crippen molar-refractivity contribution in [1.29, 1.82) is 0 Å². The Balaban J connectivity index is 1.55. The molecule has 0 amide bonds. The zero-order valence-corrected chi connectivity index (χ0v) is 12.3. The lowest BCUT2D eigenvalue weighted by Gasteiger charge is -2.34. The summed E-state index contributed by atoms with van der Waals surface area (Å²) < 4.78 is 2.14. The third kappa shape index (κ3) is 3.33. The van der Waals surface area contributed by atoms with Crippen molar-refractivity contribution in [2.75, 3.05) is 19.7 Å². The van der Waals surface area contributed by atoms with Gasteiger partial charge in [-0.3, -0.25) is 4.90 Å². The van der Waals surface area contributed by atoms with Crippen LogP contribution in [0.25, 0.3) is 11.6 Å². The van der Waals surface area contributed by atoms with Crippen molar-refractivity contribution in [2.24, 2.45) is 0 Å². The van der Waals surface area contributed by atoms with Crippen molar-refractivity contribution in [2.45, 2.75) is 38.3 Å². The smallest absolute Gasteiger partial charge is 0.176 e. The Hall–Kier alpha value is -1.66. The van der Waals surface area contributed by atoms with Crippen molar-refractivity contribution in [3.63, 3.8) is 0 Å². The van der Waals surface area contributed by atoms with Crippen LogP contribution in [0, 0.1) is 0 Å². The number of nitrogens with zero attached hydrogens (tertiary/aromatic N) is 4. The fourth-order valence-corrected chi connectivity index (χ4v) is 3.10. The van der Waals surface area contributed by atoms with Gasteiger partial charge in [0, 0.05) is 43.9 Å². The molecule has 1 aliphatic rings.